The lowest BCUT2D eigenvalue weighted by Gasteiger charge is -2.25. The molecule has 1 aromatic heterocycles. The van der Waals surface area contributed by atoms with E-state index in [1.165, 1.54) is 0 Å². The summed E-state index contributed by atoms with van der Waals surface area (Å²) >= 11 is 0. The summed E-state index contributed by atoms with van der Waals surface area (Å²) in [5.74, 6) is -4.04. The first-order valence-corrected chi connectivity index (χ1v) is 6.45. The smallest absolute Gasteiger partial charge is 0.341 e. The Morgan fingerprint density at radius 3 is 2.32 bits per heavy atom. The summed E-state index contributed by atoms with van der Waals surface area (Å²) in [6, 6.07) is 10.4. The maximum Gasteiger partial charge on any atom is 0.341 e. The molecule has 2 aromatic rings. The molecule has 1 aromatic carbocycles. The fourth-order valence-corrected chi connectivity index (χ4v) is 2.17. The summed E-state index contributed by atoms with van der Waals surface area (Å²) in [7, 11) is 0. The van der Waals surface area contributed by atoms with Crippen molar-refractivity contribution in [2.45, 2.75) is 18.9 Å². The number of rotatable bonds is 5. The molecule has 0 aliphatic heterocycles. The fraction of sp³-hybridized carbons (Fsp3) is 0.200. The van der Waals surface area contributed by atoms with Crippen LogP contribution in [0.4, 0.5) is 0 Å². The lowest BCUT2D eigenvalue weighted by molar-refractivity contribution is -0.161. The highest BCUT2D eigenvalue weighted by atomic mass is 16.4. The van der Waals surface area contributed by atoms with E-state index >= 15 is 0 Å². The van der Waals surface area contributed by atoms with Crippen LogP contribution < -0.4 is 5.32 Å². The summed E-state index contributed by atoms with van der Waals surface area (Å²) in [5, 5.41) is 21.4. The molecular formula is C15H14N2O5. The molecule has 2 rings (SSSR count). The standard InChI is InChI=1S/C15H14N2O5/c1-9(18)17-15(13(19)20,14(21)22)8-11-7-6-10-4-2-3-5-12(10)16-11/h2-7H,8H2,1H3,(H,17,18)(H,19,20)(H,21,22). The number of carboxylic acid groups (broad SMARTS) is 2. The van der Waals surface area contributed by atoms with Gasteiger partial charge >= 0.3 is 11.9 Å². The number of amides is 1. The molecule has 0 spiro atoms. The van der Waals surface area contributed by atoms with Crippen LogP contribution in [0.1, 0.15) is 12.6 Å². The van der Waals surface area contributed by atoms with E-state index in [0.717, 1.165) is 12.3 Å². The van der Waals surface area contributed by atoms with Gasteiger partial charge in [0, 0.05) is 24.4 Å². The number of nitrogens with zero attached hydrogens (tertiary/aromatic N) is 1. The molecule has 7 heteroatoms. The van der Waals surface area contributed by atoms with Gasteiger partial charge in [0.2, 0.25) is 11.4 Å². The monoisotopic (exact) mass is 302 g/mol. The third-order valence-electron chi connectivity index (χ3n) is 3.22. The summed E-state index contributed by atoms with van der Waals surface area (Å²) in [6.45, 7) is 1.06. The van der Waals surface area contributed by atoms with Crippen molar-refractivity contribution in [2.24, 2.45) is 0 Å². The number of aromatic nitrogens is 1. The number of hydrogen-bond donors (Lipinski definition) is 3. The highest BCUT2D eigenvalue weighted by Gasteiger charge is 2.48. The number of fused-ring (bicyclic) bond motifs is 1. The average Bonchev–Trinajstić information content (AvgIpc) is 2.45. The third-order valence-corrected chi connectivity index (χ3v) is 3.22. The van der Waals surface area contributed by atoms with Gasteiger partial charge in [-0.05, 0) is 12.1 Å². The molecule has 7 nitrogen and oxygen atoms in total. The molecule has 0 aliphatic carbocycles. The van der Waals surface area contributed by atoms with Crippen molar-refractivity contribution in [1.29, 1.82) is 0 Å². The Balaban J connectivity index is 2.46. The number of para-hydroxylation sites is 1. The molecule has 3 N–H and O–H groups in total. The second-order valence-corrected chi connectivity index (χ2v) is 4.87. The molecule has 0 fully saturated rings. The number of benzene rings is 1. The predicted octanol–water partition coefficient (Wildman–Crippen LogP) is 0.821. The molecular weight excluding hydrogens is 288 g/mol. The van der Waals surface area contributed by atoms with Crippen molar-refractivity contribution in [3.05, 3.63) is 42.1 Å². The largest absolute Gasteiger partial charge is 0.479 e. The summed E-state index contributed by atoms with van der Waals surface area (Å²) in [4.78, 5) is 38.4. The molecule has 0 aliphatic rings. The van der Waals surface area contributed by atoms with Crippen molar-refractivity contribution in [2.75, 3.05) is 0 Å². The second-order valence-electron chi connectivity index (χ2n) is 4.87. The number of pyridine rings is 1. The highest BCUT2D eigenvalue weighted by Crippen LogP contribution is 2.18. The Kier molecular flexibility index (Phi) is 4.07. The number of aliphatic carboxylic acids is 2. The first-order valence-electron chi connectivity index (χ1n) is 6.45. The predicted molar refractivity (Wildman–Crippen MR) is 77.3 cm³/mol. The minimum absolute atomic E-state index is 0.261. The van der Waals surface area contributed by atoms with Gasteiger partial charge in [-0.15, -0.1) is 0 Å². The van der Waals surface area contributed by atoms with Crippen LogP contribution in [0.25, 0.3) is 10.9 Å². The van der Waals surface area contributed by atoms with Gasteiger partial charge in [-0.1, -0.05) is 24.3 Å². The molecule has 0 radical (unpaired) electrons. The van der Waals surface area contributed by atoms with Crippen molar-refractivity contribution in [3.63, 3.8) is 0 Å². The Morgan fingerprint density at radius 2 is 1.73 bits per heavy atom. The molecule has 0 bridgehead atoms. The van der Waals surface area contributed by atoms with Crippen LogP contribution in [0.5, 0.6) is 0 Å². The Labute approximate surface area is 125 Å². The maximum absolute atomic E-state index is 11.4. The number of carbonyl (C=O) groups excluding carboxylic acids is 1. The van der Waals surface area contributed by atoms with Gasteiger partial charge in [-0.2, -0.15) is 0 Å². The second kappa shape index (κ2) is 5.80. The Bertz CT molecular complexity index is 742. The molecule has 0 saturated heterocycles. The normalized spacial score (nSPS) is 11.1. The highest BCUT2D eigenvalue weighted by molar-refractivity contribution is 6.06. The van der Waals surface area contributed by atoms with Crippen LogP contribution >= 0.6 is 0 Å². The third kappa shape index (κ3) is 2.88. The average molecular weight is 302 g/mol. The molecule has 0 atom stereocenters. The molecule has 0 unspecified atom stereocenters. The van der Waals surface area contributed by atoms with Crippen LogP contribution in [0.3, 0.4) is 0 Å². The van der Waals surface area contributed by atoms with E-state index in [1.807, 2.05) is 17.4 Å². The molecule has 114 valence electrons. The zero-order valence-electron chi connectivity index (χ0n) is 11.7. The number of carbonyl (C=O) groups is 3. The minimum atomic E-state index is -2.44. The molecule has 22 heavy (non-hydrogen) atoms. The summed E-state index contributed by atoms with van der Waals surface area (Å²) in [6.07, 6.45) is -0.456. The van der Waals surface area contributed by atoms with Crippen LogP contribution in [0.15, 0.2) is 36.4 Å². The van der Waals surface area contributed by atoms with Crippen molar-refractivity contribution < 1.29 is 24.6 Å². The summed E-state index contributed by atoms with van der Waals surface area (Å²) < 4.78 is 0. The lowest BCUT2D eigenvalue weighted by Crippen LogP contribution is -2.61. The van der Waals surface area contributed by atoms with Gasteiger partial charge in [0.1, 0.15) is 0 Å². The Hall–Kier alpha value is -2.96. The van der Waals surface area contributed by atoms with Crippen molar-refractivity contribution in [1.82, 2.24) is 10.3 Å². The van der Waals surface area contributed by atoms with E-state index in [9.17, 15) is 24.6 Å². The molecule has 0 saturated carbocycles. The van der Waals surface area contributed by atoms with E-state index in [2.05, 4.69) is 4.98 Å². The SMILES string of the molecule is CC(=O)NC(Cc1ccc2ccccc2n1)(C(=O)O)C(=O)O. The van der Waals surface area contributed by atoms with Gasteiger partial charge in [-0.25, -0.2) is 9.59 Å². The molecule has 1 heterocycles. The molecule has 1 amide bonds. The van der Waals surface area contributed by atoms with Crippen LogP contribution in [0.2, 0.25) is 0 Å². The number of carboxylic acids is 2. The first kappa shape index (κ1) is 15.4. The van der Waals surface area contributed by atoms with Gasteiger partial charge in [0.05, 0.1) is 5.52 Å². The van der Waals surface area contributed by atoms with E-state index < -0.39 is 29.8 Å². The number of nitrogens with one attached hydrogen (secondary N) is 1. The first-order chi connectivity index (χ1) is 10.3. The topological polar surface area (TPSA) is 117 Å². The van der Waals surface area contributed by atoms with Gasteiger partial charge in [0.15, 0.2) is 0 Å². The lowest BCUT2D eigenvalue weighted by atomic mass is 9.92. The Morgan fingerprint density at radius 1 is 1.09 bits per heavy atom. The van der Waals surface area contributed by atoms with Crippen LogP contribution in [0, 0.1) is 0 Å². The van der Waals surface area contributed by atoms with Gasteiger partial charge in [-0.3, -0.25) is 9.78 Å². The maximum atomic E-state index is 11.4. The van der Waals surface area contributed by atoms with Crippen LogP contribution in [-0.2, 0) is 20.8 Å². The van der Waals surface area contributed by atoms with Crippen molar-refractivity contribution in [3.8, 4) is 0 Å². The zero-order chi connectivity index (χ0) is 16.3. The van der Waals surface area contributed by atoms with E-state index in [-0.39, 0.29) is 5.69 Å². The minimum Gasteiger partial charge on any atom is -0.479 e. The number of hydrogen-bond acceptors (Lipinski definition) is 4. The summed E-state index contributed by atoms with van der Waals surface area (Å²) in [5.41, 5.74) is -1.56. The van der Waals surface area contributed by atoms with E-state index in [1.54, 1.807) is 24.3 Å². The van der Waals surface area contributed by atoms with Gasteiger partial charge in [0.25, 0.3) is 0 Å². The van der Waals surface area contributed by atoms with E-state index in [0.29, 0.717) is 5.52 Å². The fourth-order valence-electron chi connectivity index (χ4n) is 2.17. The van der Waals surface area contributed by atoms with Crippen molar-refractivity contribution >= 4 is 28.7 Å². The zero-order valence-corrected chi connectivity index (χ0v) is 11.7. The quantitative estimate of drug-likeness (QED) is 0.704. The van der Waals surface area contributed by atoms with Gasteiger partial charge < -0.3 is 15.5 Å². The van der Waals surface area contributed by atoms with E-state index in [4.69, 9.17) is 0 Å². The van der Waals surface area contributed by atoms with Crippen LogP contribution in [-0.4, -0.2) is 38.6 Å².